The Kier molecular flexibility index (Phi) is 9.21. The number of carboxylic acids is 1. The van der Waals surface area contributed by atoms with Crippen molar-refractivity contribution in [2.45, 2.75) is 49.2 Å². The molecule has 1 unspecified atom stereocenters. The van der Waals surface area contributed by atoms with E-state index in [-0.39, 0.29) is 11.3 Å². The van der Waals surface area contributed by atoms with Gasteiger partial charge in [-0.2, -0.15) is 0 Å². The summed E-state index contributed by atoms with van der Waals surface area (Å²) in [6.45, 7) is 7.36. The standard InChI is InChI=1S/C20H32N2O5S/c1-2-3-4-5-6-19(20(23)24)28(25,26)18-9-7-17(8-10-18)27-16-15-22-13-11-21-12-14-22/h7-10,19,21H,2-6,11-16H2,1H3,(H,23,24). The van der Waals surface area contributed by atoms with Gasteiger partial charge in [-0.1, -0.05) is 32.6 Å². The Morgan fingerprint density at radius 2 is 1.86 bits per heavy atom. The molecule has 1 aliphatic heterocycles. The van der Waals surface area contributed by atoms with Crippen LogP contribution in [0.25, 0.3) is 0 Å². The summed E-state index contributed by atoms with van der Waals surface area (Å²) in [7, 11) is -3.91. The van der Waals surface area contributed by atoms with Gasteiger partial charge in [0.25, 0.3) is 0 Å². The molecule has 2 rings (SSSR count). The lowest BCUT2D eigenvalue weighted by Gasteiger charge is -2.26. The van der Waals surface area contributed by atoms with Gasteiger partial charge in [0.1, 0.15) is 12.4 Å². The van der Waals surface area contributed by atoms with Gasteiger partial charge in [-0.3, -0.25) is 9.69 Å². The highest BCUT2D eigenvalue weighted by molar-refractivity contribution is 7.92. The molecular formula is C20H32N2O5S. The fourth-order valence-corrected chi connectivity index (χ4v) is 4.87. The number of benzene rings is 1. The van der Waals surface area contributed by atoms with Crippen LogP contribution in [0.4, 0.5) is 0 Å². The maximum Gasteiger partial charge on any atom is 0.322 e. The predicted octanol–water partition coefficient (Wildman–Crippen LogP) is 2.17. The van der Waals surface area contributed by atoms with E-state index >= 15 is 0 Å². The van der Waals surface area contributed by atoms with Crippen molar-refractivity contribution in [2.24, 2.45) is 0 Å². The van der Waals surface area contributed by atoms with E-state index in [1.165, 1.54) is 12.1 Å². The minimum atomic E-state index is -3.91. The van der Waals surface area contributed by atoms with Gasteiger partial charge in [0.2, 0.25) is 0 Å². The molecule has 1 heterocycles. The molecule has 7 nitrogen and oxygen atoms in total. The Morgan fingerprint density at radius 1 is 1.18 bits per heavy atom. The Bertz CT molecular complexity index is 700. The third-order valence-electron chi connectivity index (χ3n) is 5.01. The van der Waals surface area contributed by atoms with Gasteiger partial charge in [0.15, 0.2) is 15.1 Å². The number of hydrogen-bond acceptors (Lipinski definition) is 6. The van der Waals surface area contributed by atoms with Crippen molar-refractivity contribution in [3.63, 3.8) is 0 Å². The first-order valence-electron chi connectivity index (χ1n) is 10.1. The van der Waals surface area contributed by atoms with Crippen LogP contribution in [0.2, 0.25) is 0 Å². The van der Waals surface area contributed by atoms with Crippen LogP contribution >= 0.6 is 0 Å². The van der Waals surface area contributed by atoms with Gasteiger partial charge in [0, 0.05) is 32.7 Å². The van der Waals surface area contributed by atoms with Gasteiger partial charge < -0.3 is 15.2 Å². The van der Waals surface area contributed by atoms with E-state index in [0.717, 1.165) is 52.0 Å². The highest BCUT2D eigenvalue weighted by atomic mass is 32.2. The smallest absolute Gasteiger partial charge is 0.322 e. The third kappa shape index (κ3) is 6.76. The predicted molar refractivity (Wildman–Crippen MR) is 109 cm³/mol. The number of nitrogens with one attached hydrogen (secondary N) is 1. The molecule has 0 aromatic heterocycles. The molecule has 2 N–H and O–H groups in total. The van der Waals surface area contributed by atoms with Crippen molar-refractivity contribution in [2.75, 3.05) is 39.3 Å². The molecular weight excluding hydrogens is 380 g/mol. The first-order chi connectivity index (χ1) is 13.4. The Balaban J connectivity index is 1.92. The van der Waals surface area contributed by atoms with E-state index in [4.69, 9.17) is 4.74 Å². The molecule has 0 spiro atoms. The van der Waals surface area contributed by atoms with Crippen molar-refractivity contribution in [3.05, 3.63) is 24.3 Å². The van der Waals surface area contributed by atoms with Gasteiger partial charge in [-0.15, -0.1) is 0 Å². The number of nitrogens with zero attached hydrogens (tertiary/aromatic N) is 1. The van der Waals surface area contributed by atoms with Gasteiger partial charge in [0.05, 0.1) is 4.90 Å². The lowest BCUT2D eigenvalue weighted by Crippen LogP contribution is -2.44. The molecule has 1 fully saturated rings. The summed E-state index contributed by atoms with van der Waals surface area (Å²) in [6, 6.07) is 6.08. The molecule has 1 aromatic carbocycles. The zero-order valence-electron chi connectivity index (χ0n) is 16.6. The molecule has 0 amide bonds. The summed E-state index contributed by atoms with van der Waals surface area (Å²) in [5, 5.41) is 11.3. The van der Waals surface area contributed by atoms with E-state index in [9.17, 15) is 18.3 Å². The van der Waals surface area contributed by atoms with Crippen molar-refractivity contribution in [3.8, 4) is 5.75 Å². The molecule has 0 bridgehead atoms. The molecule has 158 valence electrons. The second-order valence-corrected chi connectivity index (χ2v) is 9.26. The number of aliphatic carboxylic acids is 1. The minimum absolute atomic E-state index is 0.0323. The number of piperazine rings is 1. The second kappa shape index (κ2) is 11.4. The van der Waals surface area contributed by atoms with Crippen LogP contribution in [-0.4, -0.2) is 69.0 Å². The van der Waals surface area contributed by atoms with Crippen LogP contribution in [0.5, 0.6) is 5.75 Å². The maximum absolute atomic E-state index is 12.7. The summed E-state index contributed by atoms with van der Waals surface area (Å²) in [6.07, 6.45) is 3.57. The summed E-state index contributed by atoms with van der Waals surface area (Å²) in [4.78, 5) is 13.9. The lowest BCUT2D eigenvalue weighted by atomic mass is 10.1. The van der Waals surface area contributed by atoms with Crippen LogP contribution in [0, 0.1) is 0 Å². The van der Waals surface area contributed by atoms with Crippen LogP contribution in [0.15, 0.2) is 29.2 Å². The monoisotopic (exact) mass is 412 g/mol. The van der Waals surface area contributed by atoms with Crippen LogP contribution in [-0.2, 0) is 14.6 Å². The Hall–Kier alpha value is -1.64. The number of rotatable bonds is 12. The van der Waals surface area contributed by atoms with E-state index in [2.05, 4.69) is 17.1 Å². The van der Waals surface area contributed by atoms with E-state index in [1.54, 1.807) is 12.1 Å². The number of unbranched alkanes of at least 4 members (excludes halogenated alkanes) is 3. The van der Waals surface area contributed by atoms with Gasteiger partial charge in [-0.25, -0.2) is 8.42 Å². The minimum Gasteiger partial charge on any atom is -0.492 e. The molecule has 1 saturated heterocycles. The fourth-order valence-electron chi connectivity index (χ4n) is 3.29. The van der Waals surface area contributed by atoms with Crippen LogP contribution in [0.1, 0.15) is 39.0 Å². The third-order valence-corrected chi connectivity index (χ3v) is 7.12. The number of ether oxygens (including phenoxy) is 1. The highest BCUT2D eigenvalue weighted by Gasteiger charge is 2.33. The maximum atomic E-state index is 12.7. The number of hydrogen-bond donors (Lipinski definition) is 2. The molecule has 28 heavy (non-hydrogen) atoms. The van der Waals surface area contributed by atoms with E-state index in [1.807, 2.05) is 0 Å². The number of sulfone groups is 1. The largest absolute Gasteiger partial charge is 0.492 e. The van der Waals surface area contributed by atoms with E-state index in [0.29, 0.717) is 18.8 Å². The number of carbonyl (C=O) groups is 1. The average molecular weight is 413 g/mol. The quantitative estimate of drug-likeness (QED) is 0.508. The summed E-state index contributed by atoms with van der Waals surface area (Å²) < 4.78 is 31.2. The van der Waals surface area contributed by atoms with Crippen molar-refractivity contribution >= 4 is 15.8 Å². The van der Waals surface area contributed by atoms with Crippen molar-refractivity contribution in [1.82, 2.24) is 10.2 Å². The highest BCUT2D eigenvalue weighted by Crippen LogP contribution is 2.23. The SMILES string of the molecule is CCCCCCC(C(=O)O)S(=O)(=O)c1ccc(OCCN2CCNCC2)cc1. The summed E-state index contributed by atoms with van der Waals surface area (Å²) in [5.41, 5.74) is 0. The molecule has 1 aromatic rings. The average Bonchev–Trinajstić information content (AvgIpc) is 2.68. The zero-order valence-corrected chi connectivity index (χ0v) is 17.4. The normalized spacial score (nSPS) is 16.6. The van der Waals surface area contributed by atoms with Crippen molar-refractivity contribution < 1.29 is 23.1 Å². The molecule has 0 radical (unpaired) electrons. The van der Waals surface area contributed by atoms with Crippen molar-refractivity contribution in [1.29, 1.82) is 0 Å². The Morgan fingerprint density at radius 3 is 2.46 bits per heavy atom. The molecule has 1 aliphatic rings. The Labute approximate surface area is 168 Å². The summed E-state index contributed by atoms with van der Waals surface area (Å²) in [5.74, 6) is -0.697. The molecule has 0 aliphatic carbocycles. The zero-order chi connectivity index (χ0) is 20.4. The van der Waals surface area contributed by atoms with Gasteiger partial charge >= 0.3 is 5.97 Å². The summed E-state index contributed by atoms with van der Waals surface area (Å²) >= 11 is 0. The molecule has 8 heteroatoms. The fraction of sp³-hybridized carbons (Fsp3) is 0.650. The van der Waals surface area contributed by atoms with Gasteiger partial charge in [-0.05, 0) is 30.7 Å². The second-order valence-electron chi connectivity index (χ2n) is 7.13. The first kappa shape index (κ1) is 22.6. The lowest BCUT2D eigenvalue weighted by molar-refractivity contribution is -0.136. The number of carboxylic acid groups (broad SMARTS) is 1. The molecule has 0 saturated carbocycles. The molecule has 1 atom stereocenters. The first-order valence-corrected chi connectivity index (χ1v) is 11.6. The van der Waals surface area contributed by atoms with E-state index < -0.39 is 21.1 Å². The van der Waals surface area contributed by atoms with Crippen LogP contribution in [0.3, 0.4) is 0 Å². The topological polar surface area (TPSA) is 95.9 Å². The van der Waals surface area contributed by atoms with Crippen LogP contribution < -0.4 is 10.1 Å².